The second-order valence-electron chi connectivity index (χ2n) is 9.15. The summed E-state index contributed by atoms with van der Waals surface area (Å²) in [5.74, 6) is -0.0127. The number of rotatable bonds is 6. The average Bonchev–Trinajstić information content (AvgIpc) is 2.97. The van der Waals surface area contributed by atoms with Crippen LogP contribution in [0.3, 0.4) is 0 Å². The maximum absolute atomic E-state index is 12.9. The number of imide groups is 1. The van der Waals surface area contributed by atoms with Crippen LogP contribution in [0.5, 0.6) is 0 Å². The quantitative estimate of drug-likeness (QED) is 0.704. The summed E-state index contributed by atoms with van der Waals surface area (Å²) in [6.45, 7) is 2.86. The molecule has 0 spiro atoms. The number of carbonyl (C=O) groups excluding carboxylic acids is 3. The molecule has 0 unspecified atom stereocenters. The number of carbonyl (C=O) groups is 3. The number of hydrogen-bond acceptors (Lipinski definition) is 4. The molecule has 2 saturated heterocycles. The van der Waals surface area contributed by atoms with E-state index in [-0.39, 0.29) is 12.5 Å². The zero-order valence-electron chi connectivity index (χ0n) is 17.7. The standard InChI is InChI=1S/C23H32N4O3/c1-23(14-13-17-8-3-2-4-9-17)21(29)27(22(30)24-23)25-20(28)16-26-15-7-11-18-10-5-6-12-19(18)26/h2-4,8-9,18-19H,5-7,10-16H2,1H3,(H,24,30)(H,25,28)/t18-,19+,23+/m1/s1. The molecule has 7 nitrogen and oxygen atoms in total. The van der Waals surface area contributed by atoms with Gasteiger partial charge in [-0.1, -0.05) is 43.2 Å². The molecule has 7 heteroatoms. The summed E-state index contributed by atoms with van der Waals surface area (Å²) in [6.07, 6.45) is 8.38. The first kappa shape index (κ1) is 20.8. The van der Waals surface area contributed by atoms with E-state index < -0.39 is 17.5 Å². The molecule has 30 heavy (non-hydrogen) atoms. The maximum Gasteiger partial charge on any atom is 0.344 e. The Balaban J connectivity index is 1.34. The lowest BCUT2D eigenvalue weighted by Gasteiger charge is -2.43. The van der Waals surface area contributed by atoms with Gasteiger partial charge in [0.05, 0.1) is 6.54 Å². The molecule has 4 amide bonds. The van der Waals surface area contributed by atoms with E-state index in [0.717, 1.165) is 30.0 Å². The number of urea groups is 1. The van der Waals surface area contributed by atoms with Crippen molar-refractivity contribution in [2.45, 2.75) is 69.9 Å². The van der Waals surface area contributed by atoms with E-state index in [0.29, 0.717) is 24.8 Å². The Bertz CT molecular complexity index is 797. The minimum Gasteiger partial charge on any atom is -0.322 e. The molecule has 0 bridgehead atoms. The van der Waals surface area contributed by atoms with Crippen molar-refractivity contribution in [2.75, 3.05) is 13.1 Å². The average molecular weight is 413 g/mol. The van der Waals surface area contributed by atoms with Crippen LogP contribution in [0.2, 0.25) is 0 Å². The first-order chi connectivity index (χ1) is 14.5. The Morgan fingerprint density at radius 3 is 2.67 bits per heavy atom. The van der Waals surface area contributed by atoms with Gasteiger partial charge in [0.25, 0.3) is 11.8 Å². The smallest absolute Gasteiger partial charge is 0.322 e. The highest BCUT2D eigenvalue weighted by Crippen LogP contribution is 2.35. The third-order valence-electron chi connectivity index (χ3n) is 6.96. The maximum atomic E-state index is 12.9. The fourth-order valence-electron chi connectivity index (χ4n) is 5.26. The predicted octanol–water partition coefficient (Wildman–Crippen LogP) is 2.62. The second-order valence-corrected chi connectivity index (χ2v) is 9.15. The molecule has 3 atom stereocenters. The fourth-order valence-corrected chi connectivity index (χ4v) is 5.26. The van der Waals surface area contributed by atoms with Gasteiger partial charge in [-0.3, -0.25) is 19.9 Å². The summed E-state index contributed by atoms with van der Waals surface area (Å²) in [7, 11) is 0. The lowest BCUT2D eigenvalue weighted by atomic mass is 9.78. The molecule has 162 valence electrons. The summed E-state index contributed by atoms with van der Waals surface area (Å²) in [5, 5.41) is 3.63. The molecular formula is C23H32N4O3. The third kappa shape index (κ3) is 4.36. The van der Waals surface area contributed by atoms with E-state index in [1.54, 1.807) is 6.92 Å². The summed E-state index contributed by atoms with van der Waals surface area (Å²) in [4.78, 5) is 40.3. The van der Waals surface area contributed by atoms with Crippen LogP contribution in [0.4, 0.5) is 4.79 Å². The second kappa shape index (κ2) is 8.76. The van der Waals surface area contributed by atoms with E-state index in [1.165, 1.54) is 25.7 Å². The normalized spacial score (nSPS) is 29.4. The number of nitrogens with one attached hydrogen (secondary N) is 2. The molecular weight excluding hydrogens is 380 g/mol. The minimum atomic E-state index is -1.01. The highest BCUT2D eigenvalue weighted by Gasteiger charge is 2.48. The van der Waals surface area contributed by atoms with Crippen LogP contribution >= 0.6 is 0 Å². The van der Waals surface area contributed by atoms with E-state index in [2.05, 4.69) is 15.6 Å². The number of amides is 4. The van der Waals surface area contributed by atoms with Crippen molar-refractivity contribution in [1.82, 2.24) is 20.7 Å². The third-order valence-corrected chi connectivity index (χ3v) is 6.96. The molecule has 1 aliphatic carbocycles. The Labute approximate surface area is 178 Å². The molecule has 2 N–H and O–H groups in total. The molecule has 2 aliphatic heterocycles. The minimum absolute atomic E-state index is 0.235. The van der Waals surface area contributed by atoms with Crippen LogP contribution in [-0.2, 0) is 16.0 Å². The molecule has 0 radical (unpaired) electrons. The van der Waals surface area contributed by atoms with Crippen molar-refractivity contribution in [2.24, 2.45) is 5.92 Å². The SMILES string of the molecule is C[C@@]1(CCc2ccccc2)NC(=O)N(NC(=O)CN2CCC[C@H]3CCCC[C@@H]32)C1=O. The number of piperidine rings is 1. The van der Waals surface area contributed by atoms with Crippen molar-refractivity contribution in [3.8, 4) is 0 Å². The van der Waals surface area contributed by atoms with E-state index in [1.807, 2.05) is 30.3 Å². The number of fused-ring (bicyclic) bond motifs is 1. The Morgan fingerprint density at radius 2 is 1.87 bits per heavy atom. The number of hydrazine groups is 1. The highest BCUT2D eigenvalue weighted by molar-refractivity contribution is 6.07. The largest absolute Gasteiger partial charge is 0.344 e. The number of nitrogens with zero attached hydrogens (tertiary/aromatic N) is 2. The molecule has 1 saturated carbocycles. The van der Waals surface area contributed by atoms with Gasteiger partial charge < -0.3 is 5.32 Å². The van der Waals surface area contributed by atoms with Crippen molar-refractivity contribution >= 4 is 17.8 Å². The molecule has 0 aromatic heterocycles. The number of likely N-dealkylation sites (tertiary alicyclic amines) is 1. The number of benzene rings is 1. The first-order valence-electron chi connectivity index (χ1n) is 11.2. The van der Waals surface area contributed by atoms with Crippen molar-refractivity contribution in [1.29, 1.82) is 0 Å². The summed E-state index contributed by atoms with van der Waals surface area (Å²) < 4.78 is 0. The van der Waals surface area contributed by atoms with Crippen LogP contribution < -0.4 is 10.7 Å². The molecule has 4 rings (SSSR count). The van der Waals surface area contributed by atoms with Crippen LogP contribution in [0.15, 0.2) is 30.3 Å². The molecule has 3 aliphatic rings. The summed E-state index contributed by atoms with van der Waals surface area (Å²) in [5.41, 5.74) is 2.66. The first-order valence-corrected chi connectivity index (χ1v) is 11.2. The van der Waals surface area contributed by atoms with Gasteiger partial charge in [-0.25, -0.2) is 4.79 Å². The van der Waals surface area contributed by atoms with Gasteiger partial charge in [-0.2, -0.15) is 5.01 Å². The molecule has 1 aromatic rings. The van der Waals surface area contributed by atoms with Crippen molar-refractivity contribution in [3.05, 3.63) is 35.9 Å². The topological polar surface area (TPSA) is 81.8 Å². The van der Waals surface area contributed by atoms with Crippen molar-refractivity contribution in [3.63, 3.8) is 0 Å². The predicted molar refractivity (Wildman–Crippen MR) is 113 cm³/mol. The Hall–Kier alpha value is -2.41. The number of aryl methyl sites for hydroxylation is 1. The van der Waals surface area contributed by atoms with Gasteiger partial charge in [0.15, 0.2) is 0 Å². The van der Waals surface area contributed by atoms with Crippen LogP contribution in [-0.4, -0.2) is 52.4 Å². The summed E-state index contributed by atoms with van der Waals surface area (Å²) >= 11 is 0. The van der Waals surface area contributed by atoms with Crippen molar-refractivity contribution < 1.29 is 14.4 Å². The van der Waals surface area contributed by atoms with Crippen LogP contribution in [0.25, 0.3) is 0 Å². The summed E-state index contributed by atoms with van der Waals surface area (Å²) in [6, 6.07) is 9.76. The van der Waals surface area contributed by atoms with E-state index >= 15 is 0 Å². The fraction of sp³-hybridized carbons (Fsp3) is 0.609. The van der Waals surface area contributed by atoms with Crippen LogP contribution in [0, 0.1) is 5.92 Å². The van der Waals surface area contributed by atoms with Gasteiger partial charge in [-0.15, -0.1) is 0 Å². The lowest BCUT2D eigenvalue weighted by molar-refractivity contribution is -0.139. The highest BCUT2D eigenvalue weighted by atomic mass is 16.2. The molecule has 1 aromatic carbocycles. The molecule has 2 heterocycles. The van der Waals surface area contributed by atoms with Gasteiger partial charge in [0.2, 0.25) is 0 Å². The van der Waals surface area contributed by atoms with Crippen LogP contribution in [0.1, 0.15) is 57.4 Å². The van der Waals surface area contributed by atoms with Gasteiger partial charge >= 0.3 is 6.03 Å². The van der Waals surface area contributed by atoms with Gasteiger partial charge in [-0.05, 0) is 63.5 Å². The zero-order chi connectivity index (χ0) is 21.1. The molecule has 3 fully saturated rings. The Morgan fingerprint density at radius 1 is 1.13 bits per heavy atom. The van der Waals surface area contributed by atoms with E-state index in [4.69, 9.17) is 0 Å². The lowest BCUT2D eigenvalue weighted by Crippen LogP contribution is -2.54. The Kier molecular flexibility index (Phi) is 6.09. The zero-order valence-corrected chi connectivity index (χ0v) is 17.7. The van der Waals surface area contributed by atoms with Gasteiger partial charge in [0, 0.05) is 6.04 Å². The monoisotopic (exact) mass is 412 g/mol. The van der Waals surface area contributed by atoms with Gasteiger partial charge in [0.1, 0.15) is 5.54 Å². The van der Waals surface area contributed by atoms with E-state index in [9.17, 15) is 14.4 Å². The number of hydrogen-bond donors (Lipinski definition) is 2.